The second kappa shape index (κ2) is 7.12. The van der Waals surface area contributed by atoms with Crippen molar-refractivity contribution in [3.8, 4) is 11.5 Å². The van der Waals surface area contributed by atoms with Gasteiger partial charge in [0.2, 0.25) is 0 Å². The molecule has 0 saturated heterocycles. The Balaban J connectivity index is 1.99. The minimum Gasteiger partial charge on any atom is -0.410 e. The number of carbonyl (C=O) groups is 2. The van der Waals surface area contributed by atoms with Crippen LogP contribution in [-0.4, -0.2) is 19.2 Å². The van der Waals surface area contributed by atoms with Gasteiger partial charge in [0.1, 0.15) is 11.5 Å². The molecule has 0 aliphatic heterocycles. The zero-order valence-corrected chi connectivity index (χ0v) is 12.3. The Morgan fingerprint density at radius 1 is 0.909 bits per heavy atom. The second-order valence-corrected chi connectivity index (χ2v) is 4.50. The van der Waals surface area contributed by atoms with E-state index in [-0.39, 0.29) is 11.5 Å². The van der Waals surface area contributed by atoms with Crippen LogP contribution in [-0.2, 0) is 0 Å². The summed E-state index contributed by atoms with van der Waals surface area (Å²) < 4.78 is 10.1. The summed E-state index contributed by atoms with van der Waals surface area (Å²) in [6, 6.07) is 13.6. The number of carbonyl (C=O) groups excluding carboxylic acids is 2. The van der Waals surface area contributed by atoms with Crippen molar-refractivity contribution in [2.75, 3.05) is 12.4 Å². The summed E-state index contributed by atoms with van der Waals surface area (Å²) in [5.74, 6) is 0.548. The number of hydrogen-bond acceptors (Lipinski definition) is 4. The number of ether oxygens (including phenoxy) is 2. The summed E-state index contributed by atoms with van der Waals surface area (Å²) in [5.41, 5.74) is 1.67. The fourth-order valence-corrected chi connectivity index (χ4v) is 1.73. The van der Waals surface area contributed by atoms with Gasteiger partial charge in [-0.05, 0) is 36.8 Å². The molecule has 0 unspecified atom stereocenters. The third kappa shape index (κ3) is 4.52. The molecule has 2 aromatic rings. The van der Waals surface area contributed by atoms with Gasteiger partial charge in [0.15, 0.2) is 0 Å². The van der Waals surface area contributed by atoms with Gasteiger partial charge in [0.05, 0.1) is 0 Å². The van der Waals surface area contributed by atoms with Crippen molar-refractivity contribution in [1.82, 2.24) is 5.32 Å². The van der Waals surface area contributed by atoms with E-state index in [9.17, 15) is 9.59 Å². The van der Waals surface area contributed by atoms with E-state index in [2.05, 4.69) is 10.6 Å². The van der Waals surface area contributed by atoms with Crippen molar-refractivity contribution in [3.63, 3.8) is 0 Å². The summed E-state index contributed by atoms with van der Waals surface area (Å²) in [7, 11) is 1.46. The first-order valence-corrected chi connectivity index (χ1v) is 6.62. The fraction of sp³-hybridized carbons (Fsp3) is 0.125. The minimum atomic E-state index is -0.623. The van der Waals surface area contributed by atoms with Crippen LogP contribution in [0.3, 0.4) is 0 Å². The number of rotatable bonds is 3. The molecule has 0 atom stereocenters. The molecule has 2 N–H and O–H groups in total. The third-order valence-electron chi connectivity index (χ3n) is 2.70. The maximum absolute atomic E-state index is 11.8. The van der Waals surface area contributed by atoms with E-state index in [1.54, 1.807) is 24.3 Å². The summed E-state index contributed by atoms with van der Waals surface area (Å²) >= 11 is 0. The van der Waals surface area contributed by atoms with Gasteiger partial charge in [0, 0.05) is 18.8 Å². The van der Waals surface area contributed by atoms with E-state index in [0.29, 0.717) is 5.69 Å². The lowest BCUT2D eigenvalue weighted by molar-refractivity contribution is 0.202. The van der Waals surface area contributed by atoms with Gasteiger partial charge in [-0.25, -0.2) is 9.59 Å². The van der Waals surface area contributed by atoms with Crippen LogP contribution in [0, 0.1) is 6.92 Å². The molecule has 0 aliphatic carbocycles. The monoisotopic (exact) mass is 300 g/mol. The summed E-state index contributed by atoms with van der Waals surface area (Å²) in [5, 5.41) is 4.95. The molecule has 0 saturated carbocycles. The Labute approximate surface area is 128 Å². The van der Waals surface area contributed by atoms with E-state index in [1.165, 1.54) is 13.1 Å². The molecule has 0 spiro atoms. The quantitative estimate of drug-likeness (QED) is 0.911. The van der Waals surface area contributed by atoms with Gasteiger partial charge in [0.25, 0.3) is 0 Å². The van der Waals surface area contributed by atoms with Gasteiger partial charge < -0.3 is 14.8 Å². The lowest BCUT2D eigenvalue weighted by Crippen LogP contribution is -2.22. The van der Waals surface area contributed by atoms with Crippen LogP contribution >= 0.6 is 0 Å². The predicted molar refractivity (Wildman–Crippen MR) is 82.4 cm³/mol. The first kappa shape index (κ1) is 15.4. The molecule has 0 radical (unpaired) electrons. The molecule has 22 heavy (non-hydrogen) atoms. The average Bonchev–Trinajstić information content (AvgIpc) is 2.47. The summed E-state index contributed by atoms with van der Waals surface area (Å²) in [6.07, 6.45) is -1.22. The van der Waals surface area contributed by atoms with Gasteiger partial charge in [-0.15, -0.1) is 0 Å². The normalized spacial score (nSPS) is 9.73. The van der Waals surface area contributed by atoms with Crippen LogP contribution in [0.2, 0.25) is 0 Å². The first-order valence-electron chi connectivity index (χ1n) is 6.62. The van der Waals surface area contributed by atoms with Crippen LogP contribution < -0.4 is 20.1 Å². The fourth-order valence-electron chi connectivity index (χ4n) is 1.73. The Morgan fingerprint density at radius 3 is 2.18 bits per heavy atom. The highest BCUT2D eigenvalue weighted by Gasteiger charge is 2.07. The van der Waals surface area contributed by atoms with Crippen molar-refractivity contribution in [2.24, 2.45) is 0 Å². The SMILES string of the molecule is CNC(=O)Oc1cccc(OC(=O)Nc2cccc(C)c2)c1. The number of benzene rings is 2. The Morgan fingerprint density at radius 2 is 1.55 bits per heavy atom. The van der Waals surface area contributed by atoms with Crippen molar-refractivity contribution in [3.05, 3.63) is 54.1 Å². The van der Waals surface area contributed by atoms with Gasteiger partial charge in [-0.2, -0.15) is 0 Å². The topological polar surface area (TPSA) is 76.7 Å². The number of nitrogens with one attached hydrogen (secondary N) is 2. The van der Waals surface area contributed by atoms with Gasteiger partial charge in [-0.1, -0.05) is 18.2 Å². The van der Waals surface area contributed by atoms with Crippen molar-refractivity contribution in [1.29, 1.82) is 0 Å². The highest BCUT2D eigenvalue weighted by molar-refractivity contribution is 5.86. The largest absolute Gasteiger partial charge is 0.417 e. The molecule has 0 heterocycles. The van der Waals surface area contributed by atoms with Crippen LogP contribution in [0.5, 0.6) is 11.5 Å². The number of aryl methyl sites for hydroxylation is 1. The van der Waals surface area contributed by atoms with E-state index in [1.807, 2.05) is 25.1 Å². The summed E-state index contributed by atoms with van der Waals surface area (Å²) in [6.45, 7) is 1.93. The lowest BCUT2D eigenvalue weighted by atomic mass is 10.2. The Bertz CT molecular complexity index is 685. The Hall–Kier alpha value is -3.02. The predicted octanol–water partition coefficient (Wildman–Crippen LogP) is 3.32. The molecule has 6 nitrogen and oxygen atoms in total. The number of amides is 2. The maximum Gasteiger partial charge on any atom is 0.417 e. The first-order chi connectivity index (χ1) is 10.6. The molecule has 2 amide bonds. The molecule has 0 aliphatic rings. The number of hydrogen-bond donors (Lipinski definition) is 2. The van der Waals surface area contributed by atoms with Crippen LogP contribution in [0.1, 0.15) is 5.56 Å². The summed E-state index contributed by atoms with van der Waals surface area (Å²) in [4.78, 5) is 23.0. The van der Waals surface area contributed by atoms with Crippen LogP contribution in [0.4, 0.5) is 15.3 Å². The Kier molecular flexibility index (Phi) is 4.98. The highest BCUT2D eigenvalue weighted by Crippen LogP contribution is 2.20. The lowest BCUT2D eigenvalue weighted by Gasteiger charge is -2.08. The van der Waals surface area contributed by atoms with Crippen molar-refractivity contribution >= 4 is 17.9 Å². The molecule has 6 heteroatoms. The van der Waals surface area contributed by atoms with E-state index >= 15 is 0 Å². The number of anilines is 1. The zero-order chi connectivity index (χ0) is 15.9. The van der Waals surface area contributed by atoms with E-state index in [0.717, 1.165) is 5.56 Å². The standard InChI is InChI=1S/C16H16N2O4/c1-11-5-3-6-12(9-11)18-16(20)22-14-8-4-7-13(10-14)21-15(19)17-2/h3-10H,1-2H3,(H,17,19)(H,18,20). The van der Waals surface area contributed by atoms with Crippen LogP contribution in [0.25, 0.3) is 0 Å². The van der Waals surface area contributed by atoms with Crippen molar-refractivity contribution < 1.29 is 19.1 Å². The second-order valence-electron chi connectivity index (χ2n) is 4.50. The highest BCUT2D eigenvalue weighted by atomic mass is 16.6. The van der Waals surface area contributed by atoms with Gasteiger partial charge >= 0.3 is 12.2 Å². The molecule has 0 bridgehead atoms. The molecule has 0 fully saturated rings. The maximum atomic E-state index is 11.8. The van der Waals surface area contributed by atoms with Crippen molar-refractivity contribution in [2.45, 2.75) is 6.92 Å². The minimum absolute atomic E-state index is 0.270. The molecular formula is C16H16N2O4. The molecule has 2 aromatic carbocycles. The van der Waals surface area contributed by atoms with E-state index in [4.69, 9.17) is 9.47 Å². The van der Waals surface area contributed by atoms with E-state index < -0.39 is 12.2 Å². The molecule has 2 rings (SSSR count). The molecular weight excluding hydrogens is 284 g/mol. The smallest absolute Gasteiger partial charge is 0.410 e. The molecule has 114 valence electrons. The third-order valence-corrected chi connectivity index (χ3v) is 2.70. The van der Waals surface area contributed by atoms with Crippen LogP contribution in [0.15, 0.2) is 48.5 Å². The average molecular weight is 300 g/mol. The molecule has 0 aromatic heterocycles. The van der Waals surface area contributed by atoms with Gasteiger partial charge in [-0.3, -0.25) is 5.32 Å². The zero-order valence-electron chi connectivity index (χ0n) is 12.3.